The highest BCUT2D eigenvalue weighted by atomic mass is 16.2. The first-order chi connectivity index (χ1) is 13.3. The number of hydrogen-bond donors (Lipinski definition) is 1. The summed E-state index contributed by atoms with van der Waals surface area (Å²) in [5, 5.41) is 6.74. The van der Waals surface area contributed by atoms with Crippen molar-refractivity contribution in [3.05, 3.63) is 65.2 Å². The number of H-pyrrole nitrogens is 1. The number of pyridine rings is 1. The Morgan fingerprint density at radius 1 is 1.07 bits per heavy atom. The molecule has 2 heterocycles. The van der Waals surface area contributed by atoms with Crippen LogP contribution in [0.3, 0.4) is 0 Å². The summed E-state index contributed by atoms with van der Waals surface area (Å²) in [7, 11) is 5.04. The summed E-state index contributed by atoms with van der Waals surface area (Å²) >= 11 is 0. The molecule has 0 saturated heterocycles. The smallest absolute Gasteiger partial charge is 0.290 e. The average Bonchev–Trinajstić information content (AvgIpc) is 3.17. The first-order valence-corrected chi connectivity index (χ1v) is 8.76. The van der Waals surface area contributed by atoms with Crippen LogP contribution in [0, 0.1) is 6.92 Å². The molecule has 28 heavy (non-hydrogen) atoms. The first kappa shape index (κ1) is 19.2. The number of carbonyl (C=O) groups is 2. The van der Waals surface area contributed by atoms with Crippen molar-refractivity contribution in [2.45, 2.75) is 13.5 Å². The quantitative estimate of drug-likeness (QED) is 0.734. The lowest BCUT2D eigenvalue weighted by Gasteiger charge is -2.17. The number of nitrogens with zero attached hydrogens (tertiary/aromatic N) is 5. The third-order valence-corrected chi connectivity index (χ3v) is 4.19. The van der Waals surface area contributed by atoms with E-state index < -0.39 is 0 Å². The van der Waals surface area contributed by atoms with Gasteiger partial charge in [0.2, 0.25) is 5.82 Å². The molecule has 0 unspecified atom stereocenters. The minimum Gasteiger partial charge on any atom is -0.342 e. The van der Waals surface area contributed by atoms with E-state index in [4.69, 9.17) is 0 Å². The van der Waals surface area contributed by atoms with Gasteiger partial charge in [-0.15, -0.1) is 0 Å². The fourth-order valence-electron chi connectivity index (χ4n) is 2.76. The van der Waals surface area contributed by atoms with E-state index in [0.29, 0.717) is 23.5 Å². The van der Waals surface area contributed by atoms with Crippen LogP contribution in [-0.2, 0) is 6.54 Å². The number of rotatable bonds is 5. The minimum atomic E-state index is -0.265. The van der Waals surface area contributed by atoms with Gasteiger partial charge < -0.3 is 9.80 Å². The average molecular weight is 378 g/mol. The number of aromatic amines is 1. The molecular formula is C20H22N6O2. The topological polar surface area (TPSA) is 95.1 Å². The molecule has 0 spiro atoms. The molecule has 8 heteroatoms. The highest BCUT2D eigenvalue weighted by Crippen LogP contribution is 2.18. The van der Waals surface area contributed by atoms with E-state index in [2.05, 4.69) is 20.2 Å². The molecule has 0 aliphatic heterocycles. The van der Waals surface area contributed by atoms with Crippen molar-refractivity contribution in [3.63, 3.8) is 0 Å². The predicted octanol–water partition coefficient (Wildman–Crippen LogP) is 2.15. The molecular weight excluding hydrogens is 356 g/mol. The summed E-state index contributed by atoms with van der Waals surface area (Å²) < 4.78 is 0. The zero-order valence-corrected chi connectivity index (χ0v) is 16.3. The second kappa shape index (κ2) is 7.99. The van der Waals surface area contributed by atoms with Crippen molar-refractivity contribution in [1.82, 2.24) is 30.0 Å². The number of benzene rings is 1. The van der Waals surface area contributed by atoms with Crippen LogP contribution in [0.5, 0.6) is 0 Å². The number of amides is 2. The highest BCUT2D eigenvalue weighted by molar-refractivity contribution is 5.95. The van der Waals surface area contributed by atoms with Crippen molar-refractivity contribution in [2.75, 3.05) is 21.1 Å². The fraction of sp³-hybridized carbons (Fsp3) is 0.250. The zero-order chi connectivity index (χ0) is 20.3. The van der Waals surface area contributed by atoms with Gasteiger partial charge in [0.05, 0.1) is 0 Å². The van der Waals surface area contributed by atoms with E-state index in [1.807, 2.05) is 19.1 Å². The van der Waals surface area contributed by atoms with Crippen molar-refractivity contribution in [3.8, 4) is 11.4 Å². The van der Waals surface area contributed by atoms with Crippen LogP contribution in [0.1, 0.15) is 32.2 Å². The summed E-state index contributed by atoms with van der Waals surface area (Å²) in [6.45, 7) is 2.40. The van der Waals surface area contributed by atoms with E-state index in [0.717, 1.165) is 11.3 Å². The maximum Gasteiger partial charge on any atom is 0.290 e. The molecule has 1 N–H and O–H groups in total. The normalized spacial score (nSPS) is 10.6. The lowest BCUT2D eigenvalue weighted by molar-refractivity contribution is 0.0783. The molecule has 2 aromatic heterocycles. The third-order valence-electron chi connectivity index (χ3n) is 4.19. The second-order valence-electron chi connectivity index (χ2n) is 6.75. The zero-order valence-electron chi connectivity index (χ0n) is 16.3. The fourth-order valence-corrected chi connectivity index (χ4v) is 2.76. The van der Waals surface area contributed by atoms with Crippen molar-refractivity contribution in [1.29, 1.82) is 0 Å². The summed E-state index contributed by atoms with van der Waals surface area (Å²) in [5.74, 6) is 0.143. The lowest BCUT2D eigenvalue weighted by Crippen LogP contribution is -2.26. The molecule has 0 saturated carbocycles. The van der Waals surface area contributed by atoms with Gasteiger partial charge in [0, 0.05) is 50.7 Å². The third kappa shape index (κ3) is 4.22. The Bertz CT molecular complexity index is 1010. The van der Waals surface area contributed by atoms with Gasteiger partial charge in [-0.1, -0.05) is 12.1 Å². The Balaban J connectivity index is 1.79. The SMILES string of the molecule is Cc1cc(CN(C)C(=O)c2cccc(-c3n[nH]c(C(=O)N(C)C)n3)c2)ccn1. The van der Waals surface area contributed by atoms with Gasteiger partial charge in [0.15, 0.2) is 5.82 Å². The maximum atomic E-state index is 12.8. The van der Waals surface area contributed by atoms with E-state index in [1.165, 1.54) is 4.90 Å². The number of aryl methyl sites for hydroxylation is 1. The van der Waals surface area contributed by atoms with Crippen LogP contribution < -0.4 is 0 Å². The van der Waals surface area contributed by atoms with Gasteiger partial charge in [0.25, 0.3) is 11.8 Å². The Morgan fingerprint density at radius 2 is 1.86 bits per heavy atom. The van der Waals surface area contributed by atoms with Crippen LogP contribution in [0.25, 0.3) is 11.4 Å². The molecule has 2 amide bonds. The summed E-state index contributed by atoms with van der Waals surface area (Å²) in [4.78, 5) is 36.3. The molecule has 0 aliphatic rings. The number of aromatic nitrogens is 4. The summed E-state index contributed by atoms with van der Waals surface area (Å²) in [6, 6.07) is 10.9. The molecule has 0 aliphatic carbocycles. The molecule has 0 fully saturated rings. The molecule has 3 aromatic rings. The largest absolute Gasteiger partial charge is 0.342 e. The first-order valence-electron chi connectivity index (χ1n) is 8.76. The Hall–Kier alpha value is -3.55. The van der Waals surface area contributed by atoms with Crippen LogP contribution in [0.15, 0.2) is 42.6 Å². The molecule has 0 bridgehead atoms. The standard InChI is InChI=1S/C20H22N6O2/c1-13-10-14(8-9-21-13)12-26(4)19(27)16-7-5-6-15(11-16)17-22-18(24-23-17)20(28)25(2)3/h5-11H,12H2,1-4H3,(H,22,23,24). The Kier molecular flexibility index (Phi) is 5.49. The lowest BCUT2D eigenvalue weighted by atomic mass is 10.1. The molecule has 3 rings (SSSR count). The van der Waals surface area contributed by atoms with Gasteiger partial charge >= 0.3 is 0 Å². The molecule has 0 radical (unpaired) electrons. The van der Waals surface area contributed by atoms with Crippen molar-refractivity contribution < 1.29 is 9.59 Å². The van der Waals surface area contributed by atoms with Gasteiger partial charge in [0.1, 0.15) is 0 Å². The van der Waals surface area contributed by atoms with Crippen LogP contribution in [0.4, 0.5) is 0 Å². The van der Waals surface area contributed by atoms with Crippen LogP contribution in [0.2, 0.25) is 0 Å². The van der Waals surface area contributed by atoms with Crippen LogP contribution >= 0.6 is 0 Å². The van der Waals surface area contributed by atoms with Crippen LogP contribution in [-0.4, -0.2) is 62.9 Å². The van der Waals surface area contributed by atoms with E-state index >= 15 is 0 Å². The Labute approximate surface area is 163 Å². The van der Waals surface area contributed by atoms with E-state index in [-0.39, 0.29) is 17.6 Å². The van der Waals surface area contributed by atoms with Gasteiger partial charge in [-0.3, -0.25) is 19.7 Å². The molecule has 0 atom stereocenters. The van der Waals surface area contributed by atoms with E-state index in [1.54, 1.807) is 56.5 Å². The predicted molar refractivity (Wildman–Crippen MR) is 105 cm³/mol. The number of nitrogens with one attached hydrogen (secondary N) is 1. The van der Waals surface area contributed by atoms with Gasteiger partial charge in [-0.2, -0.15) is 5.10 Å². The molecule has 144 valence electrons. The number of carbonyl (C=O) groups excluding carboxylic acids is 2. The minimum absolute atomic E-state index is 0.114. The monoisotopic (exact) mass is 378 g/mol. The van der Waals surface area contributed by atoms with Crippen molar-refractivity contribution >= 4 is 11.8 Å². The van der Waals surface area contributed by atoms with Gasteiger partial charge in [-0.05, 0) is 36.8 Å². The van der Waals surface area contributed by atoms with E-state index in [9.17, 15) is 9.59 Å². The summed E-state index contributed by atoms with van der Waals surface area (Å²) in [6.07, 6.45) is 1.74. The maximum absolute atomic E-state index is 12.8. The summed E-state index contributed by atoms with van der Waals surface area (Å²) in [5.41, 5.74) is 3.11. The van der Waals surface area contributed by atoms with Crippen molar-refractivity contribution in [2.24, 2.45) is 0 Å². The second-order valence-corrected chi connectivity index (χ2v) is 6.75. The number of hydrogen-bond acceptors (Lipinski definition) is 5. The Morgan fingerprint density at radius 3 is 2.57 bits per heavy atom. The molecule has 1 aromatic carbocycles. The highest BCUT2D eigenvalue weighted by Gasteiger charge is 2.17. The molecule has 8 nitrogen and oxygen atoms in total. The van der Waals surface area contributed by atoms with Gasteiger partial charge in [-0.25, -0.2) is 4.98 Å².